The van der Waals surface area contributed by atoms with E-state index in [2.05, 4.69) is 34.1 Å². The molecule has 0 saturated heterocycles. The largest absolute Gasteiger partial charge is 0.464 e. The predicted molar refractivity (Wildman–Crippen MR) is 69.4 cm³/mol. The molecule has 2 aromatic carbocycles. The van der Waals surface area contributed by atoms with Crippen molar-refractivity contribution >= 4 is 26.9 Å². The molecule has 0 saturated carbocycles. The van der Waals surface area contributed by atoms with Crippen molar-refractivity contribution in [2.24, 2.45) is 0 Å². The molecular weight excluding hydrogens is 264 g/mol. The SMILES string of the molecule is Brc1cccc(-c2coc3ccccc23)c1. The van der Waals surface area contributed by atoms with Crippen LogP contribution in [-0.4, -0.2) is 0 Å². The Hall–Kier alpha value is -1.54. The molecule has 3 aromatic rings. The molecule has 1 nitrogen and oxygen atoms in total. The van der Waals surface area contributed by atoms with E-state index in [0.29, 0.717) is 0 Å². The molecule has 1 aromatic heterocycles. The first kappa shape index (κ1) is 9.67. The Labute approximate surface area is 102 Å². The van der Waals surface area contributed by atoms with Crippen LogP contribution in [0.5, 0.6) is 0 Å². The minimum Gasteiger partial charge on any atom is -0.464 e. The van der Waals surface area contributed by atoms with Crippen LogP contribution in [-0.2, 0) is 0 Å². The summed E-state index contributed by atoms with van der Waals surface area (Å²) in [6, 6.07) is 16.3. The zero-order chi connectivity index (χ0) is 11.0. The fourth-order valence-corrected chi connectivity index (χ4v) is 2.26. The van der Waals surface area contributed by atoms with Gasteiger partial charge in [0.1, 0.15) is 5.58 Å². The number of furan rings is 1. The van der Waals surface area contributed by atoms with Crippen LogP contribution >= 0.6 is 15.9 Å². The zero-order valence-corrected chi connectivity index (χ0v) is 10.1. The van der Waals surface area contributed by atoms with Crippen molar-refractivity contribution in [1.82, 2.24) is 0 Å². The van der Waals surface area contributed by atoms with Crippen molar-refractivity contribution in [2.75, 3.05) is 0 Å². The molecule has 0 bridgehead atoms. The lowest BCUT2D eigenvalue weighted by atomic mass is 10.1. The van der Waals surface area contributed by atoms with E-state index in [0.717, 1.165) is 21.0 Å². The molecule has 3 rings (SSSR count). The highest BCUT2D eigenvalue weighted by atomic mass is 79.9. The first-order chi connectivity index (χ1) is 7.84. The average molecular weight is 273 g/mol. The van der Waals surface area contributed by atoms with Gasteiger partial charge in [-0.2, -0.15) is 0 Å². The van der Waals surface area contributed by atoms with Gasteiger partial charge in [0.05, 0.1) is 6.26 Å². The van der Waals surface area contributed by atoms with Crippen LogP contribution in [0.4, 0.5) is 0 Å². The number of hydrogen-bond donors (Lipinski definition) is 0. The summed E-state index contributed by atoms with van der Waals surface area (Å²) >= 11 is 3.48. The smallest absolute Gasteiger partial charge is 0.134 e. The Morgan fingerprint density at radius 1 is 0.938 bits per heavy atom. The number of halogens is 1. The van der Waals surface area contributed by atoms with Crippen LogP contribution in [0.1, 0.15) is 0 Å². The lowest BCUT2D eigenvalue weighted by molar-refractivity contribution is 0.617. The summed E-state index contributed by atoms with van der Waals surface area (Å²) in [5.74, 6) is 0. The van der Waals surface area contributed by atoms with Crippen LogP contribution < -0.4 is 0 Å². The van der Waals surface area contributed by atoms with E-state index in [-0.39, 0.29) is 0 Å². The lowest BCUT2D eigenvalue weighted by Crippen LogP contribution is -1.74. The summed E-state index contributed by atoms with van der Waals surface area (Å²) in [5, 5.41) is 1.15. The summed E-state index contributed by atoms with van der Waals surface area (Å²) < 4.78 is 6.61. The van der Waals surface area contributed by atoms with Gasteiger partial charge in [-0.1, -0.05) is 46.3 Å². The van der Waals surface area contributed by atoms with Crippen molar-refractivity contribution in [1.29, 1.82) is 0 Å². The molecule has 0 amide bonds. The van der Waals surface area contributed by atoms with E-state index < -0.39 is 0 Å². The minimum atomic E-state index is 0.928. The normalized spacial score (nSPS) is 10.8. The molecule has 78 valence electrons. The standard InChI is InChI=1S/C14H9BrO/c15-11-5-3-4-10(8-11)13-9-16-14-7-2-1-6-12(13)14/h1-9H. The second-order valence-corrected chi connectivity index (χ2v) is 4.57. The Bertz CT molecular complexity index is 640. The van der Waals surface area contributed by atoms with Crippen LogP contribution in [0.2, 0.25) is 0 Å². The third kappa shape index (κ3) is 1.55. The Kier molecular flexibility index (Phi) is 2.29. The molecule has 0 fully saturated rings. The first-order valence-corrected chi connectivity index (χ1v) is 5.86. The second-order valence-electron chi connectivity index (χ2n) is 3.66. The Balaban J connectivity index is 2.26. The maximum atomic E-state index is 5.53. The van der Waals surface area contributed by atoms with E-state index in [1.165, 1.54) is 5.56 Å². The highest BCUT2D eigenvalue weighted by Gasteiger charge is 2.06. The summed E-state index contributed by atoms with van der Waals surface area (Å²) in [7, 11) is 0. The summed E-state index contributed by atoms with van der Waals surface area (Å²) in [4.78, 5) is 0. The number of benzene rings is 2. The summed E-state index contributed by atoms with van der Waals surface area (Å²) in [5.41, 5.74) is 3.23. The van der Waals surface area contributed by atoms with Gasteiger partial charge >= 0.3 is 0 Å². The van der Waals surface area contributed by atoms with Crippen molar-refractivity contribution in [3.8, 4) is 11.1 Å². The van der Waals surface area contributed by atoms with Gasteiger partial charge in [-0.15, -0.1) is 0 Å². The quantitative estimate of drug-likeness (QED) is 0.617. The summed E-state index contributed by atoms with van der Waals surface area (Å²) in [6.07, 6.45) is 1.81. The van der Waals surface area contributed by atoms with Gasteiger partial charge in [0.15, 0.2) is 0 Å². The highest BCUT2D eigenvalue weighted by Crippen LogP contribution is 2.31. The van der Waals surface area contributed by atoms with Crippen LogP contribution in [0, 0.1) is 0 Å². The molecule has 0 aliphatic carbocycles. The van der Waals surface area contributed by atoms with Crippen molar-refractivity contribution in [3.05, 3.63) is 59.3 Å². The molecular formula is C14H9BrO. The molecule has 0 spiro atoms. The maximum absolute atomic E-state index is 5.53. The van der Waals surface area contributed by atoms with Crippen LogP contribution in [0.25, 0.3) is 22.1 Å². The topological polar surface area (TPSA) is 13.1 Å². The van der Waals surface area contributed by atoms with Crippen molar-refractivity contribution in [2.45, 2.75) is 0 Å². The number of rotatable bonds is 1. The molecule has 1 heterocycles. The molecule has 0 unspecified atom stereocenters. The van der Waals surface area contributed by atoms with Crippen molar-refractivity contribution in [3.63, 3.8) is 0 Å². The number of hydrogen-bond acceptors (Lipinski definition) is 1. The van der Waals surface area contributed by atoms with E-state index in [1.54, 1.807) is 0 Å². The van der Waals surface area contributed by atoms with Gasteiger partial charge in [0.2, 0.25) is 0 Å². The fourth-order valence-electron chi connectivity index (χ4n) is 1.86. The van der Waals surface area contributed by atoms with Crippen LogP contribution in [0.3, 0.4) is 0 Å². The molecule has 0 N–H and O–H groups in total. The first-order valence-electron chi connectivity index (χ1n) is 5.07. The Morgan fingerprint density at radius 3 is 2.69 bits per heavy atom. The molecule has 0 aliphatic heterocycles. The molecule has 0 aliphatic rings. The second kappa shape index (κ2) is 3.80. The Morgan fingerprint density at radius 2 is 1.81 bits per heavy atom. The van der Waals surface area contributed by atoms with E-state index in [4.69, 9.17) is 4.42 Å². The summed E-state index contributed by atoms with van der Waals surface area (Å²) in [6.45, 7) is 0. The van der Waals surface area contributed by atoms with Crippen LogP contribution in [0.15, 0.2) is 63.7 Å². The van der Waals surface area contributed by atoms with Gasteiger partial charge in [-0.05, 0) is 23.8 Å². The molecule has 2 heteroatoms. The van der Waals surface area contributed by atoms with E-state index in [1.807, 2.05) is 36.6 Å². The molecule has 0 radical (unpaired) electrons. The number of para-hydroxylation sites is 1. The lowest BCUT2D eigenvalue weighted by Gasteiger charge is -1.98. The maximum Gasteiger partial charge on any atom is 0.134 e. The van der Waals surface area contributed by atoms with E-state index in [9.17, 15) is 0 Å². The third-order valence-electron chi connectivity index (χ3n) is 2.62. The average Bonchev–Trinajstić information content (AvgIpc) is 2.72. The fraction of sp³-hybridized carbons (Fsp3) is 0. The molecule has 16 heavy (non-hydrogen) atoms. The van der Waals surface area contributed by atoms with Gasteiger partial charge in [-0.25, -0.2) is 0 Å². The highest BCUT2D eigenvalue weighted by molar-refractivity contribution is 9.10. The van der Waals surface area contributed by atoms with Gasteiger partial charge in [-0.3, -0.25) is 0 Å². The van der Waals surface area contributed by atoms with E-state index >= 15 is 0 Å². The van der Waals surface area contributed by atoms with Gasteiger partial charge in [0.25, 0.3) is 0 Å². The predicted octanol–water partition coefficient (Wildman–Crippen LogP) is 4.86. The third-order valence-corrected chi connectivity index (χ3v) is 3.11. The minimum absolute atomic E-state index is 0.928. The number of fused-ring (bicyclic) bond motifs is 1. The zero-order valence-electron chi connectivity index (χ0n) is 8.48. The molecule has 0 atom stereocenters. The monoisotopic (exact) mass is 272 g/mol. The van der Waals surface area contributed by atoms with Gasteiger partial charge in [0, 0.05) is 15.4 Å². The van der Waals surface area contributed by atoms with Gasteiger partial charge < -0.3 is 4.42 Å². The van der Waals surface area contributed by atoms with Crippen molar-refractivity contribution < 1.29 is 4.42 Å².